The largest absolute Gasteiger partial charge is 0.462 e. The molecule has 7 nitrogen and oxygen atoms in total. The summed E-state index contributed by atoms with van der Waals surface area (Å²) in [5.41, 5.74) is 1.37. The maximum Gasteiger partial charge on any atom is 0.308 e. The molecule has 4 atom stereocenters. The first-order valence-electron chi connectivity index (χ1n) is 13.6. The molecule has 1 saturated carbocycles. The third-order valence-electron chi connectivity index (χ3n) is 7.98. The van der Waals surface area contributed by atoms with Crippen LogP contribution >= 0.6 is 0 Å². The Kier molecular flexibility index (Phi) is 8.56. The van der Waals surface area contributed by atoms with Crippen LogP contribution in [-0.4, -0.2) is 66.5 Å². The minimum atomic E-state index is -0.365. The Morgan fingerprint density at radius 1 is 1.05 bits per heavy atom. The highest BCUT2D eigenvalue weighted by molar-refractivity contribution is 5.94. The van der Waals surface area contributed by atoms with Gasteiger partial charge in [-0.2, -0.15) is 0 Å². The fourth-order valence-electron chi connectivity index (χ4n) is 6.47. The molecule has 2 aliphatic rings. The number of piperidine rings is 1. The van der Waals surface area contributed by atoms with Crippen molar-refractivity contribution >= 4 is 17.8 Å². The topological polar surface area (TPSA) is 76.2 Å². The first-order valence-corrected chi connectivity index (χ1v) is 13.6. The number of carbonyl (C=O) groups excluding carboxylic acids is 3. The summed E-state index contributed by atoms with van der Waals surface area (Å²) in [5, 5.41) is 0. The smallest absolute Gasteiger partial charge is 0.308 e. The third-order valence-corrected chi connectivity index (χ3v) is 7.98. The molecule has 7 heteroatoms. The van der Waals surface area contributed by atoms with Crippen LogP contribution in [0.1, 0.15) is 62.9 Å². The van der Waals surface area contributed by atoms with Crippen LogP contribution < -0.4 is 4.74 Å². The predicted molar refractivity (Wildman–Crippen MR) is 146 cm³/mol. The van der Waals surface area contributed by atoms with Crippen molar-refractivity contribution in [2.45, 2.75) is 64.5 Å². The van der Waals surface area contributed by atoms with Crippen molar-refractivity contribution in [1.82, 2.24) is 9.80 Å². The molecule has 0 N–H and O–H groups in total. The van der Waals surface area contributed by atoms with Crippen LogP contribution in [0, 0.1) is 11.8 Å². The molecule has 1 aliphatic carbocycles. The van der Waals surface area contributed by atoms with Crippen LogP contribution in [-0.2, 0) is 19.7 Å². The van der Waals surface area contributed by atoms with E-state index in [0.717, 1.165) is 31.5 Å². The monoisotopic (exact) mass is 520 g/mol. The molecule has 204 valence electrons. The number of esters is 2. The number of ether oxygens (including phenoxy) is 2. The molecule has 1 saturated heterocycles. The SMILES string of the molecule is CC(=O)Oc1cccc([C@@]23CCN(C)C[C@H]2C(OC(C)=O)C[C@@H](N(CC(C)C)C(=O)c2ccccc2)C3)c1. The number of hydrogen-bond donors (Lipinski definition) is 0. The maximum absolute atomic E-state index is 13.9. The zero-order chi connectivity index (χ0) is 27.4. The third kappa shape index (κ3) is 6.09. The van der Waals surface area contributed by atoms with Gasteiger partial charge < -0.3 is 19.3 Å². The molecular weight excluding hydrogens is 480 g/mol. The molecule has 1 heterocycles. The second-order valence-corrected chi connectivity index (χ2v) is 11.4. The van der Waals surface area contributed by atoms with E-state index in [1.807, 2.05) is 47.4 Å². The van der Waals surface area contributed by atoms with E-state index in [9.17, 15) is 14.4 Å². The summed E-state index contributed by atoms with van der Waals surface area (Å²) in [5.74, 6) is 0.148. The fraction of sp³-hybridized carbons (Fsp3) is 0.516. The van der Waals surface area contributed by atoms with E-state index in [4.69, 9.17) is 9.47 Å². The van der Waals surface area contributed by atoms with Gasteiger partial charge in [0.05, 0.1) is 0 Å². The van der Waals surface area contributed by atoms with Gasteiger partial charge in [-0.25, -0.2) is 0 Å². The second-order valence-electron chi connectivity index (χ2n) is 11.4. The molecule has 2 aromatic rings. The summed E-state index contributed by atoms with van der Waals surface area (Å²) < 4.78 is 11.5. The molecule has 0 aromatic heterocycles. The number of benzene rings is 2. The molecule has 1 unspecified atom stereocenters. The van der Waals surface area contributed by atoms with Gasteiger partial charge in [-0.05, 0) is 62.2 Å². The average Bonchev–Trinajstić information content (AvgIpc) is 2.87. The van der Waals surface area contributed by atoms with Gasteiger partial charge in [0.15, 0.2) is 0 Å². The first-order chi connectivity index (χ1) is 18.1. The highest BCUT2D eigenvalue weighted by Crippen LogP contribution is 2.51. The normalized spacial score (nSPS) is 25.4. The van der Waals surface area contributed by atoms with Gasteiger partial charge in [0.25, 0.3) is 5.91 Å². The van der Waals surface area contributed by atoms with Crippen molar-refractivity contribution in [2.24, 2.45) is 11.8 Å². The lowest BCUT2D eigenvalue weighted by Crippen LogP contribution is -2.62. The van der Waals surface area contributed by atoms with Gasteiger partial charge in [0.1, 0.15) is 11.9 Å². The standard InChI is InChI=1S/C31H40N2O5/c1-21(2)19-33(30(36)24-10-7-6-8-11-24)26-17-29(38-23(4)35)28-20-32(5)15-14-31(28,18-26)25-12-9-13-27(16-25)37-22(3)34/h6-13,16,21,26,28-29H,14-15,17-20H2,1-5H3/t26-,28+,29?,31+/m1/s1. The Morgan fingerprint density at radius 2 is 1.79 bits per heavy atom. The Morgan fingerprint density at radius 3 is 2.45 bits per heavy atom. The number of hydrogen-bond acceptors (Lipinski definition) is 6. The van der Waals surface area contributed by atoms with Crippen LogP contribution in [0.5, 0.6) is 5.75 Å². The molecule has 1 amide bonds. The summed E-state index contributed by atoms with van der Waals surface area (Å²) in [7, 11) is 2.10. The molecule has 0 radical (unpaired) electrons. The van der Waals surface area contributed by atoms with E-state index in [2.05, 4.69) is 31.9 Å². The van der Waals surface area contributed by atoms with E-state index >= 15 is 0 Å². The van der Waals surface area contributed by atoms with Crippen molar-refractivity contribution in [1.29, 1.82) is 0 Å². The van der Waals surface area contributed by atoms with Gasteiger partial charge in [-0.3, -0.25) is 14.4 Å². The Hall–Kier alpha value is -3.19. The van der Waals surface area contributed by atoms with E-state index < -0.39 is 0 Å². The van der Waals surface area contributed by atoms with Crippen molar-refractivity contribution in [3.8, 4) is 5.75 Å². The molecule has 0 bridgehead atoms. The van der Waals surface area contributed by atoms with Crippen LogP contribution in [0.2, 0.25) is 0 Å². The summed E-state index contributed by atoms with van der Waals surface area (Å²) in [6.45, 7) is 9.36. The van der Waals surface area contributed by atoms with Crippen LogP contribution in [0.4, 0.5) is 0 Å². The van der Waals surface area contributed by atoms with Crippen LogP contribution in [0.25, 0.3) is 0 Å². The summed E-state index contributed by atoms with van der Waals surface area (Å²) in [4.78, 5) is 42.2. The van der Waals surface area contributed by atoms with E-state index in [1.165, 1.54) is 13.8 Å². The maximum atomic E-state index is 13.9. The predicted octanol–water partition coefficient (Wildman–Crippen LogP) is 4.69. The lowest BCUT2D eigenvalue weighted by Gasteiger charge is -2.56. The van der Waals surface area contributed by atoms with Gasteiger partial charge in [0, 0.05) is 56.3 Å². The summed E-state index contributed by atoms with van der Waals surface area (Å²) in [6, 6.07) is 17.0. The zero-order valence-corrected chi connectivity index (χ0v) is 23.2. The quantitative estimate of drug-likeness (QED) is 0.389. The van der Waals surface area contributed by atoms with Crippen molar-refractivity contribution < 1.29 is 23.9 Å². The minimum Gasteiger partial charge on any atom is -0.462 e. The highest BCUT2D eigenvalue weighted by Gasteiger charge is 2.54. The number of nitrogens with zero attached hydrogens (tertiary/aromatic N) is 2. The molecule has 1 aliphatic heterocycles. The number of rotatable bonds is 7. The molecule has 38 heavy (non-hydrogen) atoms. The number of fused-ring (bicyclic) bond motifs is 1. The van der Waals surface area contributed by atoms with Gasteiger partial charge in [0.2, 0.25) is 0 Å². The molecule has 0 spiro atoms. The van der Waals surface area contributed by atoms with Gasteiger partial charge in [-0.1, -0.05) is 44.2 Å². The lowest BCUT2D eigenvalue weighted by atomic mass is 9.56. The Bertz CT molecular complexity index is 1150. The summed E-state index contributed by atoms with van der Waals surface area (Å²) >= 11 is 0. The van der Waals surface area contributed by atoms with E-state index in [-0.39, 0.29) is 47.2 Å². The average molecular weight is 521 g/mol. The number of amides is 1. The van der Waals surface area contributed by atoms with E-state index in [1.54, 1.807) is 6.07 Å². The van der Waals surface area contributed by atoms with Crippen LogP contribution in [0.15, 0.2) is 54.6 Å². The Balaban J connectivity index is 1.81. The van der Waals surface area contributed by atoms with E-state index in [0.29, 0.717) is 24.3 Å². The molecule has 4 rings (SSSR count). The van der Waals surface area contributed by atoms with Crippen molar-refractivity contribution in [3.05, 3.63) is 65.7 Å². The number of likely N-dealkylation sites (tertiary alicyclic amines) is 1. The zero-order valence-electron chi connectivity index (χ0n) is 23.2. The molecular formula is C31H40N2O5. The summed E-state index contributed by atoms with van der Waals surface area (Å²) in [6.07, 6.45) is 1.85. The van der Waals surface area contributed by atoms with Gasteiger partial charge in [-0.15, -0.1) is 0 Å². The number of carbonyl (C=O) groups is 3. The molecule has 2 aromatic carbocycles. The minimum absolute atomic E-state index is 0.000987. The first kappa shape index (κ1) is 27.8. The fourth-order valence-corrected chi connectivity index (χ4v) is 6.47. The van der Waals surface area contributed by atoms with Crippen molar-refractivity contribution in [3.63, 3.8) is 0 Å². The van der Waals surface area contributed by atoms with Crippen molar-refractivity contribution in [2.75, 3.05) is 26.7 Å². The van der Waals surface area contributed by atoms with Gasteiger partial charge >= 0.3 is 11.9 Å². The highest BCUT2D eigenvalue weighted by atomic mass is 16.5. The Labute approximate surface area is 226 Å². The van der Waals surface area contributed by atoms with Crippen LogP contribution in [0.3, 0.4) is 0 Å². The molecule has 2 fully saturated rings. The lowest BCUT2D eigenvalue weighted by molar-refractivity contribution is -0.158. The second kappa shape index (κ2) is 11.7.